The van der Waals surface area contributed by atoms with Gasteiger partial charge in [-0.1, -0.05) is 20.8 Å². The van der Waals surface area contributed by atoms with Crippen molar-refractivity contribution in [2.75, 3.05) is 12.3 Å². The van der Waals surface area contributed by atoms with E-state index in [0.717, 1.165) is 5.37 Å². The summed E-state index contributed by atoms with van der Waals surface area (Å²) >= 11 is 2.05. The predicted octanol–water partition coefficient (Wildman–Crippen LogP) is 2.48. The second kappa shape index (κ2) is 7.42. The summed E-state index contributed by atoms with van der Waals surface area (Å²) in [5.41, 5.74) is 0. The Morgan fingerprint density at radius 1 is 1.50 bits per heavy atom. The van der Waals surface area contributed by atoms with Crippen LogP contribution in [-0.2, 0) is 0 Å². The molecule has 0 amide bonds. The van der Waals surface area contributed by atoms with E-state index in [1.807, 2.05) is 13.8 Å². The third-order valence-corrected chi connectivity index (χ3v) is 2.81. The van der Waals surface area contributed by atoms with Gasteiger partial charge in [-0.2, -0.15) is 0 Å². The molecule has 1 unspecified atom stereocenters. The van der Waals surface area contributed by atoms with Crippen LogP contribution in [0.1, 0.15) is 33.6 Å². The van der Waals surface area contributed by atoms with Crippen LogP contribution >= 0.6 is 11.8 Å². The molecule has 0 aliphatic carbocycles. The van der Waals surface area contributed by atoms with Crippen LogP contribution in [0.4, 0.5) is 0 Å². The van der Waals surface area contributed by atoms with Crippen molar-refractivity contribution in [1.82, 2.24) is 5.32 Å². The molecule has 1 heterocycles. The molecule has 1 aliphatic rings. The Labute approximate surface area is 69.0 Å². The van der Waals surface area contributed by atoms with Gasteiger partial charge in [0.15, 0.2) is 0 Å². The lowest BCUT2D eigenvalue weighted by molar-refractivity contribution is 0.607. The summed E-state index contributed by atoms with van der Waals surface area (Å²) in [6, 6.07) is 0. The molecule has 0 aromatic heterocycles. The van der Waals surface area contributed by atoms with E-state index in [2.05, 4.69) is 24.0 Å². The molecule has 1 N–H and O–H groups in total. The Morgan fingerprint density at radius 3 is 2.50 bits per heavy atom. The van der Waals surface area contributed by atoms with Crippen molar-refractivity contribution >= 4 is 11.8 Å². The zero-order valence-electron chi connectivity index (χ0n) is 7.31. The molecule has 2 heteroatoms. The normalized spacial score (nSPS) is 24.9. The summed E-state index contributed by atoms with van der Waals surface area (Å²) in [7, 11) is 0. The van der Waals surface area contributed by atoms with Crippen molar-refractivity contribution in [1.29, 1.82) is 0 Å². The van der Waals surface area contributed by atoms with Crippen LogP contribution in [0, 0.1) is 0 Å². The maximum Gasteiger partial charge on any atom is 0.0529 e. The van der Waals surface area contributed by atoms with Gasteiger partial charge in [-0.05, 0) is 25.1 Å². The molecule has 0 radical (unpaired) electrons. The summed E-state index contributed by atoms with van der Waals surface area (Å²) in [5, 5.41) is 4.19. The SMILES string of the molecule is CC.CCC1NCCCS1. The molecular formula is C8H19NS. The van der Waals surface area contributed by atoms with Crippen LogP contribution < -0.4 is 5.32 Å². The molecule has 1 atom stereocenters. The third-order valence-electron chi connectivity index (χ3n) is 1.38. The van der Waals surface area contributed by atoms with Gasteiger partial charge < -0.3 is 5.32 Å². The molecule has 1 aliphatic heterocycles. The zero-order chi connectivity index (χ0) is 7.82. The summed E-state index contributed by atoms with van der Waals surface area (Å²) in [6.07, 6.45) is 2.62. The fraction of sp³-hybridized carbons (Fsp3) is 1.00. The van der Waals surface area contributed by atoms with Crippen molar-refractivity contribution < 1.29 is 0 Å². The quantitative estimate of drug-likeness (QED) is 0.634. The van der Waals surface area contributed by atoms with Gasteiger partial charge in [0, 0.05) is 0 Å². The minimum atomic E-state index is 0.753. The minimum absolute atomic E-state index is 0.753. The van der Waals surface area contributed by atoms with E-state index in [1.54, 1.807) is 0 Å². The zero-order valence-corrected chi connectivity index (χ0v) is 8.13. The average molecular weight is 161 g/mol. The first-order valence-electron chi connectivity index (χ1n) is 4.28. The fourth-order valence-corrected chi connectivity index (χ4v) is 1.95. The fourth-order valence-electron chi connectivity index (χ4n) is 0.882. The van der Waals surface area contributed by atoms with E-state index in [9.17, 15) is 0 Å². The highest BCUT2D eigenvalue weighted by atomic mass is 32.2. The molecule has 62 valence electrons. The smallest absolute Gasteiger partial charge is 0.0529 e. The van der Waals surface area contributed by atoms with Crippen molar-refractivity contribution in [2.24, 2.45) is 0 Å². The summed E-state index contributed by atoms with van der Waals surface area (Å²) in [6.45, 7) is 7.46. The first kappa shape index (κ1) is 10.3. The van der Waals surface area contributed by atoms with E-state index >= 15 is 0 Å². The van der Waals surface area contributed by atoms with Crippen LogP contribution in [-0.4, -0.2) is 17.7 Å². The lowest BCUT2D eigenvalue weighted by Gasteiger charge is -2.20. The summed E-state index contributed by atoms with van der Waals surface area (Å²) in [4.78, 5) is 0. The highest BCUT2D eigenvalue weighted by molar-refractivity contribution is 7.99. The maximum absolute atomic E-state index is 3.43. The van der Waals surface area contributed by atoms with E-state index in [0.29, 0.717) is 0 Å². The largest absolute Gasteiger partial charge is 0.305 e. The van der Waals surface area contributed by atoms with Gasteiger partial charge in [0.1, 0.15) is 0 Å². The van der Waals surface area contributed by atoms with E-state index in [-0.39, 0.29) is 0 Å². The van der Waals surface area contributed by atoms with E-state index < -0.39 is 0 Å². The Hall–Kier alpha value is 0.310. The number of rotatable bonds is 1. The maximum atomic E-state index is 3.43. The van der Waals surface area contributed by atoms with Gasteiger partial charge in [-0.25, -0.2) is 0 Å². The molecule has 1 rings (SSSR count). The van der Waals surface area contributed by atoms with Crippen LogP contribution in [0.2, 0.25) is 0 Å². The molecule has 1 fully saturated rings. The Bertz CT molecular complexity index is 60.3. The number of hydrogen-bond donors (Lipinski definition) is 1. The van der Waals surface area contributed by atoms with Crippen LogP contribution in [0.15, 0.2) is 0 Å². The average Bonchev–Trinajstić information content (AvgIpc) is 2.10. The molecule has 0 aromatic carbocycles. The van der Waals surface area contributed by atoms with E-state index in [1.165, 1.54) is 25.1 Å². The monoisotopic (exact) mass is 161 g/mol. The Kier molecular flexibility index (Phi) is 7.65. The Balaban J connectivity index is 0.000000371. The molecular weight excluding hydrogens is 142 g/mol. The first-order valence-corrected chi connectivity index (χ1v) is 5.33. The van der Waals surface area contributed by atoms with Crippen LogP contribution in [0.3, 0.4) is 0 Å². The Morgan fingerprint density at radius 2 is 2.20 bits per heavy atom. The highest BCUT2D eigenvalue weighted by Crippen LogP contribution is 2.15. The number of hydrogen-bond acceptors (Lipinski definition) is 2. The topological polar surface area (TPSA) is 12.0 Å². The molecule has 10 heavy (non-hydrogen) atoms. The van der Waals surface area contributed by atoms with E-state index in [4.69, 9.17) is 0 Å². The van der Waals surface area contributed by atoms with Crippen LogP contribution in [0.5, 0.6) is 0 Å². The van der Waals surface area contributed by atoms with Gasteiger partial charge in [0.2, 0.25) is 0 Å². The number of nitrogens with one attached hydrogen (secondary N) is 1. The molecule has 1 nitrogen and oxygen atoms in total. The minimum Gasteiger partial charge on any atom is -0.305 e. The molecule has 0 bridgehead atoms. The van der Waals surface area contributed by atoms with Crippen molar-refractivity contribution in [2.45, 2.75) is 39.0 Å². The highest BCUT2D eigenvalue weighted by Gasteiger charge is 2.08. The molecule has 0 saturated carbocycles. The molecule has 0 aromatic rings. The summed E-state index contributed by atoms with van der Waals surface area (Å²) < 4.78 is 0. The first-order chi connectivity index (χ1) is 4.93. The van der Waals surface area contributed by atoms with Gasteiger partial charge >= 0.3 is 0 Å². The number of thioether (sulfide) groups is 1. The van der Waals surface area contributed by atoms with Crippen molar-refractivity contribution in [3.8, 4) is 0 Å². The van der Waals surface area contributed by atoms with Gasteiger partial charge in [0.05, 0.1) is 5.37 Å². The second-order valence-electron chi connectivity index (χ2n) is 2.08. The van der Waals surface area contributed by atoms with Crippen molar-refractivity contribution in [3.63, 3.8) is 0 Å². The summed E-state index contributed by atoms with van der Waals surface area (Å²) in [5.74, 6) is 1.35. The van der Waals surface area contributed by atoms with Gasteiger partial charge in [0.25, 0.3) is 0 Å². The standard InChI is InChI=1S/C6H13NS.C2H6/c1-2-6-7-4-3-5-8-6;1-2/h6-7H,2-5H2,1H3;1-2H3. The molecule has 1 saturated heterocycles. The second-order valence-corrected chi connectivity index (χ2v) is 3.39. The van der Waals surface area contributed by atoms with Crippen LogP contribution in [0.25, 0.3) is 0 Å². The molecule has 0 spiro atoms. The third kappa shape index (κ3) is 4.18. The van der Waals surface area contributed by atoms with Crippen molar-refractivity contribution in [3.05, 3.63) is 0 Å². The lowest BCUT2D eigenvalue weighted by Crippen LogP contribution is -2.30. The van der Waals surface area contributed by atoms with Gasteiger partial charge in [-0.15, -0.1) is 11.8 Å². The lowest BCUT2D eigenvalue weighted by atomic mass is 10.4. The predicted molar refractivity (Wildman–Crippen MR) is 50.5 cm³/mol. The van der Waals surface area contributed by atoms with Gasteiger partial charge in [-0.3, -0.25) is 0 Å².